The second-order valence-corrected chi connectivity index (χ2v) is 9.01. The average molecular weight is 393 g/mol. The third-order valence-electron chi connectivity index (χ3n) is 7.34. The van der Waals surface area contributed by atoms with Crippen LogP contribution >= 0.6 is 0 Å². The summed E-state index contributed by atoms with van der Waals surface area (Å²) < 4.78 is 1.97. The highest BCUT2D eigenvalue weighted by Crippen LogP contribution is 2.33. The van der Waals surface area contributed by atoms with Crippen molar-refractivity contribution in [2.45, 2.75) is 56.9 Å². The largest absolute Gasteiger partial charge is 0.337 e. The maximum absolute atomic E-state index is 13.1. The number of nitrogens with zero attached hydrogens (tertiary/aromatic N) is 4. The van der Waals surface area contributed by atoms with Crippen molar-refractivity contribution in [1.82, 2.24) is 19.6 Å². The van der Waals surface area contributed by atoms with Gasteiger partial charge < -0.3 is 4.90 Å². The highest BCUT2D eigenvalue weighted by molar-refractivity contribution is 5.94. The van der Waals surface area contributed by atoms with E-state index in [1.54, 1.807) is 0 Å². The van der Waals surface area contributed by atoms with E-state index in [1.165, 1.54) is 36.1 Å². The van der Waals surface area contributed by atoms with E-state index in [0.717, 1.165) is 57.6 Å². The second kappa shape index (κ2) is 7.94. The van der Waals surface area contributed by atoms with Gasteiger partial charge in [-0.2, -0.15) is 5.10 Å². The highest BCUT2D eigenvalue weighted by Gasteiger charge is 2.34. The van der Waals surface area contributed by atoms with Crippen molar-refractivity contribution in [1.29, 1.82) is 0 Å². The van der Waals surface area contributed by atoms with Gasteiger partial charge in [-0.15, -0.1) is 0 Å². The van der Waals surface area contributed by atoms with Crippen LogP contribution in [0.2, 0.25) is 0 Å². The topological polar surface area (TPSA) is 41.4 Å². The molecule has 0 unspecified atom stereocenters. The number of carbonyl (C=O) groups excluding carboxylic acids is 1. The number of hydrogen-bond acceptors (Lipinski definition) is 3. The van der Waals surface area contributed by atoms with Crippen molar-refractivity contribution in [3.63, 3.8) is 0 Å². The Balaban J connectivity index is 1.28. The smallest absolute Gasteiger partial charge is 0.274 e. The molecule has 1 aromatic carbocycles. The van der Waals surface area contributed by atoms with Gasteiger partial charge in [-0.05, 0) is 69.5 Å². The van der Waals surface area contributed by atoms with Gasteiger partial charge in [0.25, 0.3) is 5.91 Å². The Bertz CT molecular complexity index is 861. The van der Waals surface area contributed by atoms with Crippen molar-refractivity contribution in [2.24, 2.45) is 7.05 Å². The fourth-order valence-corrected chi connectivity index (χ4v) is 5.65. The summed E-state index contributed by atoms with van der Waals surface area (Å²) in [6.07, 6.45) is 7.92. The molecule has 0 bridgehead atoms. The predicted molar refractivity (Wildman–Crippen MR) is 114 cm³/mol. The minimum Gasteiger partial charge on any atom is -0.337 e. The fourth-order valence-electron chi connectivity index (χ4n) is 5.65. The molecule has 1 aromatic heterocycles. The third kappa shape index (κ3) is 3.61. The summed E-state index contributed by atoms with van der Waals surface area (Å²) in [5.41, 5.74) is 4.73. The molecule has 5 nitrogen and oxygen atoms in total. The molecule has 2 fully saturated rings. The van der Waals surface area contributed by atoms with E-state index in [4.69, 9.17) is 0 Å². The number of hydrogen-bond donors (Lipinski definition) is 0. The lowest BCUT2D eigenvalue weighted by Gasteiger charge is -2.39. The van der Waals surface area contributed by atoms with E-state index in [0.29, 0.717) is 12.0 Å². The molecule has 0 radical (unpaired) electrons. The molecule has 0 N–H and O–H groups in total. The number of fused-ring (bicyclic) bond motifs is 1. The molecule has 5 rings (SSSR count). The van der Waals surface area contributed by atoms with E-state index < -0.39 is 0 Å². The van der Waals surface area contributed by atoms with Gasteiger partial charge in [0.1, 0.15) is 0 Å². The molecule has 2 aliphatic heterocycles. The number of piperidine rings is 1. The summed E-state index contributed by atoms with van der Waals surface area (Å²) in [5.74, 6) is 0.847. The van der Waals surface area contributed by atoms with Crippen LogP contribution in [0.25, 0.3) is 0 Å². The molecule has 0 saturated carbocycles. The lowest BCUT2D eigenvalue weighted by molar-refractivity contribution is 0.0783. The first kappa shape index (κ1) is 18.9. The lowest BCUT2D eigenvalue weighted by Crippen LogP contribution is -2.44. The Hall–Kier alpha value is -2.14. The van der Waals surface area contributed by atoms with Crippen molar-refractivity contribution in [3.8, 4) is 0 Å². The van der Waals surface area contributed by atoms with E-state index in [1.807, 2.05) is 16.6 Å². The lowest BCUT2D eigenvalue weighted by atomic mass is 9.85. The Morgan fingerprint density at radius 2 is 1.72 bits per heavy atom. The number of aryl methyl sites for hydroxylation is 1. The van der Waals surface area contributed by atoms with Crippen molar-refractivity contribution < 1.29 is 4.79 Å². The Kier molecular flexibility index (Phi) is 5.17. The van der Waals surface area contributed by atoms with Crippen LogP contribution in [-0.2, 0) is 19.9 Å². The summed E-state index contributed by atoms with van der Waals surface area (Å²) >= 11 is 0. The number of benzene rings is 1. The summed E-state index contributed by atoms with van der Waals surface area (Å²) in [6, 6.07) is 11.5. The molecule has 1 aliphatic carbocycles. The van der Waals surface area contributed by atoms with E-state index in [9.17, 15) is 4.79 Å². The minimum absolute atomic E-state index is 0.155. The van der Waals surface area contributed by atoms with Crippen LogP contribution in [0, 0.1) is 0 Å². The second-order valence-electron chi connectivity index (χ2n) is 9.01. The van der Waals surface area contributed by atoms with Crippen molar-refractivity contribution in [3.05, 3.63) is 52.8 Å². The SMILES string of the molecule is Cn1nc(C(=O)N2CCCC2)c2c1CC[C@@H](N1CCC(c3ccccc3)CC1)C2. The fraction of sp³-hybridized carbons (Fsp3) is 0.583. The van der Waals surface area contributed by atoms with Gasteiger partial charge in [0.05, 0.1) is 0 Å². The summed E-state index contributed by atoms with van der Waals surface area (Å²) in [5, 5.41) is 4.68. The maximum Gasteiger partial charge on any atom is 0.274 e. The Morgan fingerprint density at radius 3 is 2.45 bits per heavy atom. The van der Waals surface area contributed by atoms with Crippen LogP contribution in [0.5, 0.6) is 0 Å². The van der Waals surface area contributed by atoms with E-state index in [2.05, 4.69) is 40.3 Å². The van der Waals surface area contributed by atoms with Crippen LogP contribution in [0.15, 0.2) is 30.3 Å². The van der Waals surface area contributed by atoms with Gasteiger partial charge in [-0.25, -0.2) is 0 Å². The number of aromatic nitrogens is 2. The monoisotopic (exact) mass is 392 g/mol. The zero-order valence-corrected chi connectivity index (χ0v) is 17.5. The first-order valence-corrected chi connectivity index (χ1v) is 11.3. The standard InChI is InChI=1S/C24H32N4O/c1-26-22-10-9-20(17-21(22)23(25-26)24(29)28-13-5-6-14-28)27-15-11-19(12-16-27)18-7-3-2-4-8-18/h2-4,7-8,19-20H,5-6,9-17H2,1H3/t20-/m1/s1. The van der Waals surface area contributed by atoms with E-state index in [-0.39, 0.29) is 5.91 Å². The normalized spacial score (nSPS) is 23.3. The predicted octanol–water partition coefficient (Wildman–Crippen LogP) is 3.39. The highest BCUT2D eigenvalue weighted by atomic mass is 16.2. The Morgan fingerprint density at radius 1 is 1.00 bits per heavy atom. The van der Waals surface area contributed by atoms with Gasteiger partial charge >= 0.3 is 0 Å². The molecule has 3 heterocycles. The number of rotatable bonds is 3. The van der Waals surface area contributed by atoms with Crippen LogP contribution < -0.4 is 0 Å². The van der Waals surface area contributed by atoms with Gasteiger partial charge in [-0.3, -0.25) is 14.4 Å². The molecule has 0 spiro atoms. The zero-order valence-electron chi connectivity index (χ0n) is 17.5. The summed E-state index contributed by atoms with van der Waals surface area (Å²) in [4.78, 5) is 17.7. The van der Waals surface area contributed by atoms with Crippen molar-refractivity contribution >= 4 is 5.91 Å². The first-order valence-electron chi connectivity index (χ1n) is 11.3. The molecule has 3 aliphatic rings. The molecular formula is C24H32N4O. The first-order chi connectivity index (χ1) is 14.2. The van der Waals surface area contributed by atoms with Crippen LogP contribution in [0.3, 0.4) is 0 Å². The third-order valence-corrected chi connectivity index (χ3v) is 7.34. The van der Waals surface area contributed by atoms with Crippen LogP contribution in [-0.4, -0.2) is 57.7 Å². The van der Waals surface area contributed by atoms with Gasteiger partial charge in [0.15, 0.2) is 5.69 Å². The van der Waals surface area contributed by atoms with Gasteiger partial charge in [0, 0.05) is 37.4 Å². The van der Waals surface area contributed by atoms with Crippen LogP contribution in [0.1, 0.15) is 65.3 Å². The number of amides is 1. The molecule has 29 heavy (non-hydrogen) atoms. The molecule has 2 aromatic rings. The zero-order chi connectivity index (χ0) is 19.8. The summed E-state index contributed by atoms with van der Waals surface area (Å²) in [6.45, 7) is 4.10. The minimum atomic E-state index is 0.155. The molecular weight excluding hydrogens is 360 g/mol. The average Bonchev–Trinajstić information content (AvgIpc) is 3.42. The maximum atomic E-state index is 13.1. The molecule has 2 saturated heterocycles. The van der Waals surface area contributed by atoms with Crippen LogP contribution in [0.4, 0.5) is 0 Å². The quantitative estimate of drug-likeness (QED) is 0.804. The molecule has 5 heteroatoms. The summed E-state index contributed by atoms with van der Waals surface area (Å²) in [7, 11) is 2.01. The number of likely N-dealkylation sites (tertiary alicyclic amines) is 2. The van der Waals surface area contributed by atoms with Gasteiger partial charge in [0.2, 0.25) is 0 Å². The van der Waals surface area contributed by atoms with Crippen molar-refractivity contribution in [2.75, 3.05) is 26.2 Å². The number of carbonyl (C=O) groups is 1. The van der Waals surface area contributed by atoms with E-state index >= 15 is 0 Å². The van der Waals surface area contributed by atoms with Gasteiger partial charge in [-0.1, -0.05) is 30.3 Å². The molecule has 1 atom stereocenters. The Labute approximate surface area is 173 Å². The molecule has 1 amide bonds. The molecule has 154 valence electrons.